The van der Waals surface area contributed by atoms with Gasteiger partial charge in [0.25, 0.3) is 0 Å². The second-order valence-electron chi connectivity index (χ2n) is 4.63. The Bertz CT molecular complexity index is 425. The van der Waals surface area contributed by atoms with Crippen LogP contribution >= 0.6 is 20.8 Å². The van der Waals surface area contributed by atoms with Crippen molar-refractivity contribution in [2.24, 2.45) is 0 Å². The average Bonchev–Trinajstić information content (AvgIpc) is 2.31. The van der Waals surface area contributed by atoms with E-state index in [4.69, 9.17) is 0 Å². The van der Waals surface area contributed by atoms with Crippen molar-refractivity contribution in [3.05, 3.63) is 60.7 Å². The van der Waals surface area contributed by atoms with Gasteiger partial charge in [-0.05, 0) is 0 Å². The summed E-state index contributed by atoms with van der Waals surface area (Å²) in [7, 11) is 0. The number of benzene rings is 2. The minimum atomic E-state index is -2.12. The Labute approximate surface area is 105 Å². The first-order valence-corrected chi connectivity index (χ1v) is 10.5. The van der Waals surface area contributed by atoms with Gasteiger partial charge in [-0.1, -0.05) is 0 Å². The molecule has 0 radical (unpaired) electrons. The second-order valence-corrected chi connectivity index (χ2v) is 16.0. The van der Waals surface area contributed by atoms with Gasteiger partial charge in [0.15, 0.2) is 0 Å². The third-order valence-corrected chi connectivity index (χ3v) is 9.02. The molecule has 0 aliphatic rings. The Hall–Kier alpha value is -0.650. The Balaban J connectivity index is 2.60. The molecule has 0 heterocycles. The van der Waals surface area contributed by atoms with Crippen molar-refractivity contribution in [1.29, 1.82) is 0 Å². The van der Waals surface area contributed by atoms with Crippen molar-refractivity contribution < 1.29 is 0 Å². The summed E-state index contributed by atoms with van der Waals surface area (Å²) >= 11 is 4.03. The number of hydrogen-bond acceptors (Lipinski definition) is 0. The van der Waals surface area contributed by atoms with Gasteiger partial charge in [0.05, 0.1) is 0 Å². The summed E-state index contributed by atoms with van der Waals surface area (Å²) in [6.45, 7) is 4.66. The summed E-state index contributed by atoms with van der Waals surface area (Å²) in [6.07, 6.45) is 0. The summed E-state index contributed by atoms with van der Waals surface area (Å²) in [5.41, 5.74) is 0. The molecular weight excluding hydrogens is 279 g/mol. The van der Waals surface area contributed by atoms with Gasteiger partial charge in [-0.15, -0.1) is 0 Å². The van der Waals surface area contributed by atoms with Crippen LogP contribution in [-0.4, -0.2) is 13.3 Å². The van der Waals surface area contributed by atoms with Gasteiger partial charge in [0.2, 0.25) is 0 Å². The second kappa shape index (κ2) is 3.98. The molecule has 0 fully saturated rings. The van der Waals surface area contributed by atoms with Crippen LogP contribution in [0.1, 0.15) is 0 Å². The molecule has 16 heavy (non-hydrogen) atoms. The van der Waals surface area contributed by atoms with Gasteiger partial charge in [-0.25, -0.2) is 0 Å². The van der Waals surface area contributed by atoms with Gasteiger partial charge in [-0.2, -0.15) is 0 Å². The molecule has 0 amide bonds. The van der Waals surface area contributed by atoms with Crippen molar-refractivity contribution >= 4 is 31.4 Å². The van der Waals surface area contributed by atoms with Gasteiger partial charge in [-0.3, -0.25) is 0 Å². The molecule has 2 rings (SSSR count). The molecule has 0 N–H and O–H groups in total. The van der Waals surface area contributed by atoms with E-state index in [1.165, 1.54) is 10.6 Å². The molecule has 0 aliphatic heterocycles. The van der Waals surface area contributed by atoms with Crippen LogP contribution in [0, 0.1) is 0 Å². The molecule has 0 spiro atoms. The first-order valence-electron chi connectivity index (χ1n) is 5.33. The molecule has 0 saturated heterocycles. The number of hydrogen-bond donors (Lipinski definition) is 0. The SMILES string of the molecule is CP(C)(Br)(c1ccccc1)c1ccccc1. The zero-order valence-corrected chi connectivity index (χ0v) is 12.1. The predicted octanol–water partition coefficient (Wildman–Crippen LogP) is 3.76. The number of rotatable bonds is 2. The summed E-state index contributed by atoms with van der Waals surface area (Å²) < 4.78 is 0. The fourth-order valence-corrected chi connectivity index (χ4v) is 5.64. The van der Waals surface area contributed by atoms with Crippen molar-refractivity contribution in [2.75, 3.05) is 13.3 Å². The fraction of sp³-hybridized carbons (Fsp3) is 0.143. The summed E-state index contributed by atoms with van der Waals surface area (Å²) in [6, 6.07) is 21.4. The van der Waals surface area contributed by atoms with E-state index in [2.05, 4.69) is 89.5 Å². The molecule has 0 nitrogen and oxygen atoms in total. The Morgan fingerprint density at radius 2 is 1.00 bits per heavy atom. The zero-order valence-electron chi connectivity index (χ0n) is 9.60. The molecule has 0 saturated carbocycles. The Morgan fingerprint density at radius 1 is 0.688 bits per heavy atom. The van der Waals surface area contributed by atoms with Crippen LogP contribution in [0.4, 0.5) is 0 Å². The molecule has 2 heteroatoms. The standard InChI is InChI=1S/C14H16BrP/c1-16(2,15,13-9-5-3-6-10-13)14-11-7-4-8-12-14/h3-12H,1-2H3. The van der Waals surface area contributed by atoms with E-state index in [1.807, 2.05) is 0 Å². The van der Waals surface area contributed by atoms with E-state index >= 15 is 0 Å². The molecule has 0 aliphatic carbocycles. The number of halogens is 1. The van der Waals surface area contributed by atoms with E-state index in [1.54, 1.807) is 0 Å². The maximum absolute atomic E-state index is 4.03. The molecule has 0 bridgehead atoms. The molecule has 2 aromatic carbocycles. The van der Waals surface area contributed by atoms with Gasteiger partial charge >= 0.3 is 105 Å². The topological polar surface area (TPSA) is 0 Å². The van der Waals surface area contributed by atoms with E-state index in [0.29, 0.717) is 0 Å². The van der Waals surface area contributed by atoms with Crippen LogP contribution in [0.25, 0.3) is 0 Å². The van der Waals surface area contributed by atoms with Crippen LogP contribution < -0.4 is 10.6 Å². The van der Waals surface area contributed by atoms with Crippen molar-refractivity contribution in [3.63, 3.8) is 0 Å². The Kier molecular flexibility index (Phi) is 2.94. The third-order valence-electron chi connectivity index (χ3n) is 3.00. The molecular formula is C14H16BrP. The zero-order chi connectivity index (χ0) is 11.7. The summed E-state index contributed by atoms with van der Waals surface area (Å²) in [4.78, 5) is 0. The Morgan fingerprint density at radius 3 is 1.31 bits per heavy atom. The van der Waals surface area contributed by atoms with Gasteiger partial charge < -0.3 is 0 Å². The minimum absolute atomic E-state index is 1.39. The van der Waals surface area contributed by atoms with Crippen molar-refractivity contribution in [2.45, 2.75) is 0 Å². The van der Waals surface area contributed by atoms with E-state index in [0.717, 1.165) is 0 Å². The first kappa shape index (κ1) is 11.8. The van der Waals surface area contributed by atoms with Crippen LogP contribution in [0.2, 0.25) is 0 Å². The van der Waals surface area contributed by atoms with Crippen LogP contribution in [-0.2, 0) is 0 Å². The predicted molar refractivity (Wildman–Crippen MR) is 79.8 cm³/mol. The van der Waals surface area contributed by atoms with Gasteiger partial charge in [0.1, 0.15) is 0 Å². The van der Waals surface area contributed by atoms with Crippen LogP contribution in [0.15, 0.2) is 60.7 Å². The maximum atomic E-state index is 4.03. The molecule has 2 aromatic rings. The molecule has 0 atom stereocenters. The van der Waals surface area contributed by atoms with Crippen molar-refractivity contribution in [3.8, 4) is 0 Å². The van der Waals surface area contributed by atoms with Gasteiger partial charge in [0, 0.05) is 0 Å². The fourth-order valence-electron chi connectivity index (χ4n) is 1.86. The average molecular weight is 295 g/mol. The molecule has 84 valence electrons. The van der Waals surface area contributed by atoms with Crippen molar-refractivity contribution in [1.82, 2.24) is 0 Å². The van der Waals surface area contributed by atoms with E-state index in [-0.39, 0.29) is 0 Å². The summed E-state index contributed by atoms with van der Waals surface area (Å²) in [5, 5.41) is 0.657. The third kappa shape index (κ3) is 2.07. The van der Waals surface area contributed by atoms with Crippen LogP contribution in [0.3, 0.4) is 0 Å². The molecule has 0 unspecified atom stereocenters. The van der Waals surface area contributed by atoms with E-state index in [9.17, 15) is 0 Å². The monoisotopic (exact) mass is 294 g/mol. The first-order chi connectivity index (χ1) is 7.49. The van der Waals surface area contributed by atoms with E-state index < -0.39 is 5.31 Å². The van der Waals surface area contributed by atoms with Crippen LogP contribution in [0.5, 0.6) is 0 Å². The quantitative estimate of drug-likeness (QED) is 0.740. The normalized spacial score (nSPS) is 14.1. The molecule has 0 aromatic heterocycles. The summed E-state index contributed by atoms with van der Waals surface area (Å²) in [5.74, 6) is 0.